The molecular formula is C23H33N5O2. The number of hydrogen-bond donors (Lipinski definition) is 2. The normalized spacial score (nSPS) is 24.9. The topological polar surface area (TPSA) is 83.3 Å². The Hall–Kier alpha value is -2.41. The molecule has 162 valence electrons. The van der Waals surface area contributed by atoms with Crippen LogP contribution in [-0.2, 0) is 0 Å². The van der Waals surface area contributed by atoms with E-state index < -0.39 is 6.09 Å². The number of piperidine rings is 1. The highest BCUT2D eigenvalue weighted by Gasteiger charge is 2.42. The molecule has 1 aromatic heterocycles. The van der Waals surface area contributed by atoms with Crippen molar-refractivity contribution in [1.29, 1.82) is 0 Å². The van der Waals surface area contributed by atoms with Gasteiger partial charge in [-0.1, -0.05) is 44.2 Å². The third-order valence-corrected chi connectivity index (χ3v) is 6.81. The second-order valence-electron chi connectivity index (χ2n) is 9.08. The predicted molar refractivity (Wildman–Crippen MR) is 116 cm³/mol. The van der Waals surface area contributed by atoms with Gasteiger partial charge in [-0.05, 0) is 44.6 Å². The van der Waals surface area contributed by atoms with E-state index in [0.29, 0.717) is 24.0 Å². The van der Waals surface area contributed by atoms with Gasteiger partial charge in [0, 0.05) is 30.6 Å². The van der Waals surface area contributed by atoms with E-state index in [1.807, 2.05) is 30.3 Å². The number of nitrogens with one attached hydrogen (secondary N) is 1. The molecule has 2 fully saturated rings. The molecule has 3 unspecified atom stereocenters. The lowest BCUT2D eigenvalue weighted by Crippen LogP contribution is -2.45. The van der Waals surface area contributed by atoms with Crippen LogP contribution in [0.15, 0.2) is 30.3 Å². The first-order chi connectivity index (χ1) is 14.4. The van der Waals surface area contributed by atoms with Crippen molar-refractivity contribution in [3.63, 3.8) is 0 Å². The van der Waals surface area contributed by atoms with Crippen LogP contribution in [0.1, 0.15) is 81.2 Å². The second kappa shape index (κ2) is 8.76. The number of fused-ring (bicyclic) bond motifs is 2. The fraction of sp³-hybridized carbons (Fsp3) is 0.609. The van der Waals surface area contributed by atoms with Crippen molar-refractivity contribution in [2.45, 2.75) is 83.0 Å². The van der Waals surface area contributed by atoms with Crippen molar-refractivity contribution in [3.05, 3.63) is 47.5 Å². The molecule has 1 aromatic carbocycles. The second-order valence-corrected chi connectivity index (χ2v) is 9.08. The Morgan fingerprint density at radius 3 is 2.40 bits per heavy atom. The summed E-state index contributed by atoms with van der Waals surface area (Å²) in [6.07, 6.45) is 4.52. The van der Waals surface area contributed by atoms with Crippen molar-refractivity contribution in [2.24, 2.45) is 0 Å². The number of hydrogen-bond acceptors (Lipinski definition) is 4. The summed E-state index contributed by atoms with van der Waals surface area (Å²) in [4.78, 5) is 14.0. The molecule has 0 saturated carbocycles. The molecule has 2 aliphatic heterocycles. The molecular weight excluding hydrogens is 378 g/mol. The average Bonchev–Trinajstić information content (AvgIpc) is 3.21. The molecule has 2 N–H and O–H groups in total. The molecule has 0 aliphatic carbocycles. The van der Waals surface area contributed by atoms with E-state index in [-0.39, 0.29) is 6.04 Å². The number of amides is 1. The smallest absolute Gasteiger partial charge is 0.405 e. The van der Waals surface area contributed by atoms with Crippen LogP contribution in [0.3, 0.4) is 0 Å². The Morgan fingerprint density at radius 1 is 1.13 bits per heavy atom. The number of carbonyl (C=O) groups is 1. The van der Waals surface area contributed by atoms with E-state index in [2.05, 4.69) is 45.8 Å². The summed E-state index contributed by atoms with van der Waals surface area (Å²) in [6, 6.07) is 11.3. The van der Waals surface area contributed by atoms with E-state index in [0.717, 1.165) is 43.0 Å². The Labute approximate surface area is 178 Å². The SMILES string of the molecule is Cc1nnc(C(C)C)n1C1CC2CC[C@@H](C1)N2CCC(NC(=O)O)c1ccccc1. The van der Waals surface area contributed by atoms with Gasteiger partial charge in [0.15, 0.2) is 0 Å². The maximum Gasteiger partial charge on any atom is 0.405 e. The Balaban J connectivity index is 1.44. The number of nitrogens with zero attached hydrogens (tertiary/aromatic N) is 4. The van der Waals surface area contributed by atoms with Crippen LogP contribution in [0.2, 0.25) is 0 Å². The number of carboxylic acid groups (broad SMARTS) is 1. The molecule has 3 heterocycles. The van der Waals surface area contributed by atoms with Crippen LogP contribution in [0.25, 0.3) is 0 Å². The molecule has 4 rings (SSSR count). The van der Waals surface area contributed by atoms with Crippen molar-refractivity contribution in [1.82, 2.24) is 25.0 Å². The van der Waals surface area contributed by atoms with Gasteiger partial charge in [-0.3, -0.25) is 4.90 Å². The van der Waals surface area contributed by atoms with Crippen LogP contribution >= 0.6 is 0 Å². The average molecular weight is 412 g/mol. The summed E-state index contributed by atoms with van der Waals surface area (Å²) >= 11 is 0. The van der Waals surface area contributed by atoms with E-state index in [1.54, 1.807) is 0 Å². The van der Waals surface area contributed by atoms with Crippen molar-refractivity contribution in [3.8, 4) is 0 Å². The fourth-order valence-electron chi connectivity index (χ4n) is 5.49. The number of rotatable bonds is 7. The van der Waals surface area contributed by atoms with E-state index in [1.165, 1.54) is 12.8 Å². The molecule has 0 spiro atoms. The summed E-state index contributed by atoms with van der Waals surface area (Å²) in [5.41, 5.74) is 1.03. The van der Waals surface area contributed by atoms with Gasteiger partial charge in [-0.2, -0.15) is 0 Å². The zero-order valence-corrected chi connectivity index (χ0v) is 18.2. The monoisotopic (exact) mass is 411 g/mol. The Morgan fingerprint density at radius 2 is 1.80 bits per heavy atom. The Kier molecular flexibility index (Phi) is 6.09. The summed E-state index contributed by atoms with van der Waals surface area (Å²) in [7, 11) is 0. The fourth-order valence-corrected chi connectivity index (χ4v) is 5.49. The molecule has 7 nitrogen and oxygen atoms in total. The molecule has 0 radical (unpaired) electrons. The molecule has 2 aromatic rings. The lowest BCUT2D eigenvalue weighted by molar-refractivity contribution is 0.0994. The molecule has 30 heavy (non-hydrogen) atoms. The minimum Gasteiger partial charge on any atom is -0.465 e. The molecule has 1 amide bonds. The standard InChI is InChI=1S/C23H33N5O2/c1-15(2)22-26-25-16(3)28(22)20-13-18-9-10-19(14-20)27(18)12-11-21(24-23(29)30)17-7-5-4-6-8-17/h4-8,15,18-21,24H,9-14H2,1-3H3,(H,29,30)/t18-,19?,20?,21?/m0/s1. The van der Waals surface area contributed by atoms with Gasteiger partial charge in [0.1, 0.15) is 11.6 Å². The van der Waals surface area contributed by atoms with Crippen molar-refractivity contribution >= 4 is 6.09 Å². The maximum atomic E-state index is 11.3. The lowest BCUT2D eigenvalue weighted by Gasteiger charge is -2.40. The van der Waals surface area contributed by atoms with Crippen LogP contribution in [0, 0.1) is 6.92 Å². The molecule has 2 bridgehead atoms. The van der Waals surface area contributed by atoms with Crippen LogP contribution in [-0.4, -0.2) is 49.5 Å². The minimum atomic E-state index is -0.963. The highest BCUT2D eigenvalue weighted by atomic mass is 16.4. The summed E-state index contributed by atoms with van der Waals surface area (Å²) < 4.78 is 2.38. The number of benzene rings is 1. The van der Waals surface area contributed by atoms with Gasteiger partial charge in [-0.25, -0.2) is 4.79 Å². The van der Waals surface area contributed by atoms with Gasteiger partial charge >= 0.3 is 6.09 Å². The molecule has 2 saturated heterocycles. The zero-order chi connectivity index (χ0) is 21.3. The predicted octanol–water partition coefficient (Wildman–Crippen LogP) is 4.28. The first-order valence-corrected chi connectivity index (χ1v) is 11.2. The highest BCUT2D eigenvalue weighted by molar-refractivity contribution is 5.65. The van der Waals surface area contributed by atoms with E-state index >= 15 is 0 Å². The third-order valence-electron chi connectivity index (χ3n) is 6.81. The molecule has 7 heteroatoms. The van der Waals surface area contributed by atoms with Gasteiger partial charge in [0.25, 0.3) is 0 Å². The molecule has 2 aliphatic rings. The van der Waals surface area contributed by atoms with Gasteiger partial charge < -0.3 is 15.0 Å². The molecule has 4 atom stereocenters. The van der Waals surface area contributed by atoms with Gasteiger partial charge in [0.2, 0.25) is 0 Å². The van der Waals surface area contributed by atoms with Gasteiger partial charge in [-0.15, -0.1) is 10.2 Å². The highest BCUT2D eigenvalue weighted by Crippen LogP contribution is 2.42. The van der Waals surface area contributed by atoms with Crippen LogP contribution in [0.5, 0.6) is 0 Å². The van der Waals surface area contributed by atoms with Crippen LogP contribution < -0.4 is 5.32 Å². The van der Waals surface area contributed by atoms with Crippen LogP contribution in [0.4, 0.5) is 4.79 Å². The first-order valence-electron chi connectivity index (χ1n) is 11.2. The van der Waals surface area contributed by atoms with Crippen molar-refractivity contribution < 1.29 is 9.90 Å². The first kappa shape index (κ1) is 20.8. The number of aryl methyl sites for hydroxylation is 1. The van der Waals surface area contributed by atoms with E-state index in [9.17, 15) is 9.90 Å². The largest absolute Gasteiger partial charge is 0.465 e. The summed E-state index contributed by atoms with van der Waals surface area (Å²) in [6.45, 7) is 7.35. The number of aromatic nitrogens is 3. The Bertz CT molecular complexity index is 852. The van der Waals surface area contributed by atoms with Crippen molar-refractivity contribution in [2.75, 3.05) is 6.54 Å². The minimum absolute atomic E-state index is 0.173. The van der Waals surface area contributed by atoms with Gasteiger partial charge in [0.05, 0.1) is 6.04 Å². The maximum absolute atomic E-state index is 11.3. The quantitative estimate of drug-likeness (QED) is 0.711. The zero-order valence-electron chi connectivity index (χ0n) is 18.2. The summed E-state index contributed by atoms with van der Waals surface area (Å²) in [5.74, 6) is 2.49. The lowest BCUT2D eigenvalue weighted by atomic mass is 9.95. The third kappa shape index (κ3) is 4.21. The summed E-state index contributed by atoms with van der Waals surface area (Å²) in [5, 5.41) is 20.8. The van der Waals surface area contributed by atoms with E-state index in [4.69, 9.17) is 0 Å².